The molecule has 122 valence electrons. The van der Waals surface area contributed by atoms with E-state index in [1.165, 1.54) is 0 Å². The predicted molar refractivity (Wildman–Crippen MR) is 90.4 cm³/mol. The lowest BCUT2D eigenvalue weighted by Gasteiger charge is -2.10. The summed E-state index contributed by atoms with van der Waals surface area (Å²) in [6.07, 6.45) is 1.38. The van der Waals surface area contributed by atoms with Crippen molar-refractivity contribution in [3.8, 4) is 5.75 Å². The number of para-hydroxylation sites is 1. The zero-order valence-electron chi connectivity index (χ0n) is 12.9. The van der Waals surface area contributed by atoms with Gasteiger partial charge in [0.1, 0.15) is 18.1 Å². The number of oxime groups is 1. The van der Waals surface area contributed by atoms with Crippen molar-refractivity contribution in [3.05, 3.63) is 52.2 Å². The van der Waals surface area contributed by atoms with Gasteiger partial charge >= 0.3 is 5.97 Å². The normalized spacial score (nSPS) is 11.3. The summed E-state index contributed by atoms with van der Waals surface area (Å²) in [5.41, 5.74) is 1.58. The van der Waals surface area contributed by atoms with Gasteiger partial charge in [-0.25, -0.2) is 0 Å². The van der Waals surface area contributed by atoms with E-state index in [0.29, 0.717) is 19.4 Å². The lowest BCUT2D eigenvalue weighted by atomic mass is 10.1. The minimum atomic E-state index is -0.790. The number of aliphatic carboxylic acids is 1. The molecule has 5 nitrogen and oxygen atoms in total. The summed E-state index contributed by atoms with van der Waals surface area (Å²) >= 11 is 1.57. The smallest absolute Gasteiger partial charge is 0.303 e. The summed E-state index contributed by atoms with van der Waals surface area (Å²) in [5, 5.41) is 14.8. The molecule has 1 aromatic heterocycles. The van der Waals surface area contributed by atoms with Gasteiger partial charge in [-0.2, -0.15) is 0 Å². The molecule has 0 spiro atoms. The second kappa shape index (κ2) is 8.95. The first-order valence-corrected chi connectivity index (χ1v) is 8.19. The van der Waals surface area contributed by atoms with Crippen molar-refractivity contribution in [3.63, 3.8) is 0 Å². The van der Waals surface area contributed by atoms with Crippen LogP contribution in [-0.2, 0) is 9.63 Å². The highest BCUT2D eigenvalue weighted by Gasteiger charge is 2.14. The molecule has 23 heavy (non-hydrogen) atoms. The topological polar surface area (TPSA) is 68.1 Å². The Hall–Kier alpha value is -2.34. The Morgan fingerprint density at radius 3 is 2.74 bits per heavy atom. The van der Waals surface area contributed by atoms with Gasteiger partial charge in [-0.1, -0.05) is 23.4 Å². The van der Waals surface area contributed by atoms with E-state index in [1.807, 2.05) is 41.8 Å². The van der Waals surface area contributed by atoms with Crippen molar-refractivity contribution in [1.29, 1.82) is 0 Å². The molecule has 0 amide bonds. The van der Waals surface area contributed by atoms with Crippen LogP contribution in [-0.4, -0.2) is 30.5 Å². The van der Waals surface area contributed by atoms with E-state index in [1.54, 1.807) is 18.4 Å². The highest BCUT2D eigenvalue weighted by atomic mass is 32.1. The first-order valence-electron chi connectivity index (χ1n) is 7.31. The molecule has 0 saturated carbocycles. The molecule has 1 aromatic carbocycles. The molecule has 0 aliphatic rings. The summed E-state index contributed by atoms with van der Waals surface area (Å²) in [6, 6.07) is 11.6. The molecule has 1 heterocycles. The maximum absolute atomic E-state index is 10.5. The van der Waals surface area contributed by atoms with E-state index < -0.39 is 5.97 Å². The average molecular weight is 333 g/mol. The standard InChI is InChI=1S/C17H19NO4S/c1-21-14-8-3-2-7-13(14)17(15-9-6-12-23-15)18-22-11-5-4-10-16(19)20/h2-3,6-9,12H,4-5,10-11H2,1H3,(H,19,20)/b18-17+. The molecule has 6 heteroatoms. The molecule has 0 fully saturated rings. The maximum atomic E-state index is 10.5. The molecule has 0 aliphatic carbocycles. The van der Waals surface area contributed by atoms with Crippen molar-refractivity contribution in [2.75, 3.05) is 13.7 Å². The molecule has 0 unspecified atom stereocenters. The van der Waals surface area contributed by atoms with Crippen LogP contribution in [0.25, 0.3) is 0 Å². The van der Waals surface area contributed by atoms with E-state index in [-0.39, 0.29) is 6.42 Å². The Kier molecular flexibility index (Phi) is 6.62. The number of thiophene rings is 1. The first kappa shape index (κ1) is 17.0. The molecule has 1 N–H and O–H groups in total. The molecule has 2 aromatic rings. The molecule has 0 bridgehead atoms. The van der Waals surface area contributed by atoms with Crippen LogP contribution >= 0.6 is 11.3 Å². The Balaban J connectivity index is 2.09. The van der Waals surface area contributed by atoms with E-state index in [0.717, 1.165) is 21.9 Å². The monoisotopic (exact) mass is 333 g/mol. The lowest BCUT2D eigenvalue weighted by Crippen LogP contribution is -2.05. The van der Waals surface area contributed by atoms with Crippen LogP contribution < -0.4 is 4.74 Å². The van der Waals surface area contributed by atoms with Crippen LogP contribution in [0.4, 0.5) is 0 Å². The Bertz CT molecular complexity index is 652. The largest absolute Gasteiger partial charge is 0.496 e. The number of hydrogen-bond donors (Lipinski definition) is 1. The SMILES string of the molecule is COc1ccccc1/C(=N\OCCCCC(=O)O)c1cccs1. The van der Waals surface area contributed by atoms with Crippen LogP contribution in [0.5, 0.6) is 5.75 Å². The van der Waals surface area contributed by atoms with Crippen LogP contribution in [0.15, 0.2) is 46.9 Å². The third kappa shape index (κ3) is 5.10. The third-order valence-electron chi connectivity index (χ3n) is 3.15. The van der Waals surface area contributed by atoms with Gasteiger partial charge in [-0.15, -0.1) is 11.3 Å². The summed E-state index contributed by atoms with van der Waals surface area (Å²) in [4.78, 5) is 16.9. The Labute approximate surface area is 139 Å². The summed E-state index contributed by atoms with van der Waals surface area (Å²) in [7, 11) is 1.62. The van der Waals surface area contributed by atoms with Crippen molar-refractivity contribution in [1.82, 2.24) is 0 Å². The van der Waals surface area contributed by atoms with Gasteiger partial charge in [0.15, 0.2) is 0 Å². The number of benzene rings is 1. The number of carboxylic acid groups (broad SMARTS) is 1. The van der Waals surface area contributed by atoms with Gasteiger partial charge in [0, 0.05) is 12.0 Å². The van der Waals surface area contributed by atoms with Crippen molar-refractivity contribution >= 4 is 23.0 Å². The number of unbranched alkanes of at least 4 members (excludes halogenated alkanes) is 1. The van der Waals surface area contributed by atoms with Crippen molar-refractivity contribution in [2.45, 2.75) is 19.3 Å². The third-order valence-corrected chi connectivity index (χ3v) is 4.03. The quantitative estimate of drug-likeness (QED) is 0.431. The number of carboxylic acids is 1. The molecule has 0 aliphatic heterocycles. The second-order valence-electron chi connectivity index (χ2n) is 4.80. The van der Waals surface area contributed by atoms with E-state index in [4.69, 9.17) is 14.7 Å². The van der Waals surface area contributed by atoms with Gasteiger partial charge in [-0.3, -0.25) is 4.79 Å². The van der Waals surface area contributed by atoms with E-state index >= 15 is 0 Å². The minimum Gasteiger partial charge on any atom is -0.496 e. The maximum Gasteiger partial charge on any atom is 0.303 e. The highest BCUT2D eigenvalue weighted by molar-refractivity contribution is 7.12. The number of hydrogen-bond acceptors (Lipinski definition) is 5. The second-order valence-corrected chi connectivity index (χ2v) is 5.75. The zero-order valence-corrected chi connectivity index (χ0v) is 13.7. The molecule has 2 rings (SSSR count). The number of nitrogens with zero attached hydrogens (tertiary/aromatic N) is 1. The van der Waals surface area contributed by atoms with Crippen molar-refractivity contribution in [2.24, 2.45) is 5.16 Å². The fourth-order valence-corrected chi connectivity index (χ4v) is 2.75. The van der Waals surface area contributed by atoms with Crippen LogP contribution in [0.2, 0.25) is 0 Å². The zero-order chi connectivity index (χ0) is 16.5. The number of ether oxygens (including phenoxy) is 1. The van der Waals surface area contributed by atoms with Crippen LogP contribution in [0, 0.1) is 0 Å². The first-order chi connectivity index (χ1) is 11.2. The molecular formula is C17H19NO4S. The Morgan fingerprint density at radius 1 is 1.22 bits per heavy atom. The number of methoxy groups -OCH3 is 1. The average Bonchev–Trinajstić information content (AvgIpc) is 3.08. The van der Waals surface area contributed by atoms with Gasteiger partial charge in [0.05, 0.1) is 12.0 Å². The van der Waals surface area contributed by atoms with Gasteiger partial charge in [-0.05, 0) is 36.4 Å². The molecular weight excluding hydrogens is 314 g/mol. The van der Waals surface area contributed by atoms with Crippen LogP contribution in [0.3, 0.4) is 0 Å². The predicted octanol–water partition coefficient (Wildman–Crippen LogP) is 3.78. The summed E-state index contributed by atoms with van der Waals surface area (Å²) < 4.78 is 5.40. The summed E-state index contributed by atoms with van der Waals surface area (Å²) in [6.45, 7) is 0.386. The minimum absolute atomic E-state index is 0.150. The Morgan fingerprint density at radius 2 is 2.04 bits per heavy atom. The van der Waals surface area contributed by atoms with Crippen LogP contribution in [0.1, 0.15) is 29.7 Å². The highest BCUT2D eigenvalue weighted by Crippen LogP contribution is 2.24. The lowest BCUT2D eigenvalue weighted by molar-refractivity contribution is -0.137. The van der Waals surface area contributed by atoms with E-state index in [2.05, 4.69) is 5.16 Å². The van der Waals surface area contributed by atoms with Gasteiger partial charge in [0.2, 0.25) is 0 Å². The molecule has 0 saturated heterocycles. The summed E-state index contributed by atoms with van der Waals surface area (Å²) in [5.74, 6) is -0.0593. The van der Waals surface area contributed by atoms with Gasteiger partial charge in [0.25, 0.3) is 0 Å². The number of carbonyl (C=O) groups is 1. The molecule has 0 atom stereocenters. The molecule has 0 radical (unpaired) electrons. The van der Waals surface area contributed by atoms with E-state index in [9.17, 15) is 4.79 Å². The fourth-order valence-electron chi connectivity index (χ4n) is 2.03. The van der Waals surface area contributed by atoms with Gasteiger partial charge < -0.3 is 14.7 Å². The number of rotatable bonds is 9. The fraction of sp³-hybridized carbons (Fsp3) is 0.294. The van der Waals surface area contributed by atoms with Crippen molar-refractivity contribution < 1.29 is 19.5 Å².